The number of rotatable bonds is 7. The lowest BCUT2D eigenvalue weighted by Crippen LogP contribution is -2.35. The molecule has 128 valence electrons. The molecule has 0 spiro atoms. The highest BCUT2D eigenvalue weighted by molar-refractivity contribution is 7.12. The average Bonchev–Trinajstić information content (AvgIpc) is 2.97. The number of ketones is 1. The Morgan fingerprint density at radius 1 is 1.25 bits per heavy atom. The van der Waals surface area contributed by atoms with E-state index in [9.17, 15) is 9.59 Å². The van der Waals surface area contributed by atoms with Crippen molar-refractivity contribution in [2.24, 2.45) is 0 Å². The van der Waals surface area contributed by atoms with Gasteiger partial charge in [-0.3, -0.25) is 9.59 Å². The Hall–Kier alpha value is -1.98. The lowest BCUT2D eigenvalue weighted by Gasteiger charge is -2.26. The molecule has 0 aliphatic heterocycles. The van der Waals surface area contributed by atoms with E-state index in [0.717, 1.165) is 5.56 Å². The number of thiophene rings is 1. The number of hydrogen-bond acceptors (Lipinski definition) is 4. The molecule has 1 atom stereocenters. The van der Waals surface area contributed by atoms with Crippen molar-refractivity contribution in [1.82, 2.24) is 10.2 Å². The zero-order valence-corrected chi connectivity index (χ0v) is 15.4. The average molecular weight is 344 g/mol. The number of aryl methyl sites for hydroxylation is 1. The zero-order valence-electron chi connectivity index (χ0n) is 14.6. The minimum Gasteiger partial charge on any atom is -0.354 e. The summed E-state index contributed by atoms with van der Waals surface area (Å²) in [7, 11) is 4.03. The number of nitrogens with one attached hydrogen (secondary N) is 1. The second kappa shape index (κ2) is 8.22. The van der Waals surface area contributed by atoms with Crippen LogP contribution in [-0.2, 0) is 11.2 Å². The summed E-state index contributed by atoms with van der Waals surface area (Å²) in [6.45, 7) is 4.18. The number of hydrogen-bond donors (Lipinski definition) is 1. The SMILES string of the molecule is CC(=O)c1cc(CC(=O)NC[C@@H](c2ccccc2C)N(C)C)cs1. The van der Waals surface area contributed by atoms with E-state index in [-0.39, 0.29) is 17.7 Å². The van der Waals surface area contributed by atoms with E-state index in [4.69, 9.17) is 0 Å². The number of Topliss-reactive ketones (excluding diaryl/α,β-unsaturated/α-hetero) is 1. The van der Waals surface area contributed by atoms with Gasteiger partial charge in [0, 0.05) is 6.54 Å². The van der Waals surface area contributed by atoms with Gasteiger partial charge in [0.05, 0.1) is 17.3 Å². The maximum absolute atomic E-state index is 12.2. The van der Waals surface area contributed by atoms with Crippen molar-refractivity contribution in [2.75, 3.05) is 20.6 Å². The van der Waals surface area contributed by atoms with Crippen LogP contribution in [0.3, 0.4) is 0 Å². The molecule has 1 aromatic heterocycles. The van der Waals surface area contributed by atoms with Crippen molar-refractivity contribution in [1.29, 1.82) is 0 Å². The fraction of sp³-hybridized carbons (Fsp3) is 0.368. The highest BCUT2D eigenvalue weighted by Crippen LogP contribution is 2.21. The molecule has 4 nitrogen and oxygen atoms in total. The first-order valence-electron chi connectivity index (χ1n) is 7.95. The number of benzene rings is 1. The summed E-state index contributed by atoms with van der Waals surface area (Å²) in [6, 6.07) is 10.2. The van der Waals surface area contributed by atoms with E-state index >= 15 is 0 Å². The van der Waals surface area contributed by atoms with Crippen molar-refractivity contribution >= 4 is 23.0 Å². The molecule has 0 saturated carbocycles. The van der Waals surface area contributed by atoms with Crippen LogP contribution < -0.4 is 5.32 Å². The van der Waals surface area contributed by atoms with Crippen LogP contribution in [0.5, 0.6) is 0 Å². The van der Waals surface area contributed by atoms with Gasteiger partial charge < -0.3 is 10.2 Å². The molecule has 0 aliphatic carbocycles. The van der Waals surface area contributed by atoms with E-state index in [1.807, 2.05) is 31.6 Å². The van der Waals surface area contributed by atoms with E-state index in [0.29, 0.717) is 17.8 Å². The van der Waals surface area contributed by atoms with E-state index in [1.165, 1.54) is 22.5 Å². The summed E-state index contributed by atoms with van der Waals surface area (Å²) in [6.07, 6.45) is 0.303. The lowest BCUT2D eigenvalue weighted by atomic mass is 10.0. The fourth-order valence-corrected chi connectivity index (χ4v) is 3.46. The number of carbonyl (C=O) groups excluding carboxylic acids is 2. The molecule has 1 amide bonds. The summed E-state index contributed by atoms with van der Waals surface area (Å²) in [4.78, 5) is 26.4. The molecule has 1 heterocycles. The molecule has 0 aliphatic rings. The summed E-state index contributed by atoms with van der Waals surface area (Å²) in [5.41, 5.74) is 3.33. The topological polar surface area (TPSA) is 49.4 Å². The van der Waals surface area contributed by atoms with Gasteiger partial charge in [-0.05, 0) is 56.1 Å². The Morgan fingerprint density at radius 3 is 2.54 bits per heavy atom. The molecule has 1 aromatic carbocycles. The molecular formula is C19H24N2O2S. The summed E-state index contributed by atoms with van der Waals surface area (Å²) < 4.78 is 0. The zero-order chi connectivity index (χ0) is 17.7. The minimum absolute atomic E-state index is 0.0247. The van der Waals surface area contributed by atoms with Gasteiger partial charge in [-0.25, -0.2) is 0 Å². The van der Waals surface area contributed by atoms with Crippen LogP contribution in [-0.4, -0.2) is 37.2 Å². The van der Waals surface area contributed by atoms with E-state index in [2.05, 4.69) is 29.3 Å². The van der Waals surface area contributed by atoms with E-state index in [1.54, 1.807) is 13.0 Å². The summed E-state index contributed by atoms with van der Waals surface area (Å²) >= 11 is 1.39. The normalized spacial score (nSPS) is 12.2. The van der Waals surface area contributed by atoms with Gasteiger partial charge in [0.15, 0.2) is 5.78 Å². The van der Waals surface area contributed by atoms with Crippen LogP contribution in [0.15, 0.2) is 35.7 Å². The van der Waals surface area contributed by atoms with Gasteiger partial charge in [0.1, 0.15) is 0 Å². The smallest absolute Gasteiger partial charge is 0.224 e. The first-order valence-corrected chi connectivity index (χ1v) is 8.83. The third kappa shape index (κ3) is 4.76. The predicted molar refractivity (Wildman–Crippen MR) is 98.6 cm³/mol. The van der Waals surface area contributed by atoms with Crippen molar-refractivity contribution in [2.45, 2.75) is 26.3 Å². The number of carbonyl (C=O) groups is 2. The van der Waals surface area contributed by atoms with Gasteiger partial charge in [-0.2, -0.15) is 0 Å². The van der Waals surface area contributed by atoms with Gasteiger partial charge in [0.2, 0.25) is 5.91 Å². The Bertz CT molecular complexity index is 722. The van der Waals surface area contributed by atoms with Crippen LogP contribution in [0, 0.1) is 6.92 Å². The van der Waals surface area contributed by atoms with Crippen molar-refractivity contribution in [3.63, 3.8) is 0 Å². The maximum Gasteiger partial charge on any atom is 0.224 e. The number of amides is 1. The molecule has 2 aromatic rings. The molecule has 0 unspecified atom stereocenters. The second-order valence-electron chi connectivity index (χ2n) is 6.19. The summed E-state index contributed by atoms with van der Waals surface area (Å²) in [5.74, 6) is 0.0159. The minimum atomic E-state index is -0.0247. The molecule has 1 N–H and O–H groups in total. The molecular weight excluding hydrogens is 320 g/mol. The van der Waals surface area contributed by atoms with E-state index < -0.39 is 0 Å². The largest absolute Gasteiger partial charge is 0.354 e. The molecule has 24 heavy (non-hydrogen) atoms. The third-order valence-electron chi connectivity index (χ3n) is 4.03. The second-order valence-corrected chi connectivity index (χ2v) is 7.10. The fourth-order valence-electron chi connectivity index (χ4n) is 2.64. The molecule has 0 bridgehead atoms. The first kappa shape index (κ1) is 18.4. The van der Waals surface area contributed by atoms with Crippen LogP contribution in [0.1, 0.15) is 39.3 Å². The number of nitrogens with zero attached hydrogens (tertiary/aromatic N) is 1. The lowest BCUT2D eigenvalue weighted by molar-refractivity contribution is -0.120. The van der Waals surface area contributed by atoms with Crippen LogP contribution in [0.4, 0.5) is 0 Å². The van der Waals surface area contributed by atoms with Gasteiger partial charge in [-0.15, -0.1) is 11.3 Å². The van der Waals surface area contributed by atoms with Crippen molar-refractivity contribution in [3.05, 3.63) is 57.3 Å². The Balaban J connectivity index is 1.97. The highest BCUT2D eigenvalue weighted by atomic mass is 32.1. The van der Waals surface area contributed by atoms with Crippen molar-refractivity contribution in [3.8, 4) is 0 Å². The Morgan fingerprint density at radius 2 is 1.96 bits per heavy atom. The standard InChI is InChI=1S/C19H24N2O2S/c1-13-7-5-6-8-16(13)17(21(3)4)11-20-19(23)10-15-9-18(14(2)22)24-12-15/h5-9,12,17H,10-11H2,1-4H3,(H,20,23)/t17-/m0/s1. The molecule has 0 saturated heterocycles. The van der Waals surface area contributed by atoms with Crippen LogP contribution >= 0.6 is 11.3 Å². The molecule has 2 rings (SSSR count). The summed E-state index contributed by atoms with van der Waals surface area (Å²) in [5, 5.41) is 4.89. The van der Waals surface area contributed by atoms with Gasteiger partial charge in [0.25, 0.3) is 0 Å². The van der Waals surface area contributed by atoms with Gasteiger partial charge in [-0.1, -0.05) is 24.3 Å². The highest BCUT2D eigenvalue weighted by Gasteiger charge is 2.17. The Kier molecular flexibility index (Phi) is 6.29. The third-order valence-corrected chi connectivity index (χ3v) is 5.11. The monoisotopic (exact) mass is 344 g/mol. The predicted octanol–water partition coefficient (Wildman–Crippen LogP) is 3.22. The van der Waals surface area contributed by atoms with Crippen LogP contribution in [0.25, 0.3) is 0 Å². The van der Waals surface area contributed by atoms with Crippen molar-refractivity contribution < 1.29 is 9.59 Å². The first-order chi connectivity index (χ1) is 11.4. The molecule has 0 fully saturated rings. The Labute approximate surface area is 147 Å². The maximum atomic E-state index is 12.2. The number of likely N-dealkylation sites (N-methyl/N-ethyl adjacent to an activating group) is 1. The van der Waals surface area contributed by atoms with Crippen LogP contribution in [0.2, 0.25) is 0 Å². The molecule has 5 heteroatoms. The van der Waals surface area contributed by atoms with Gasteiger partial charge >= 0.3 is 0 Å². The quantitative estimate of drug-likeness (QED) is 0.785. The molecule has 0 radical (unpaired) electrons.